The molecule has 0 saturated carbocycles. The molecule has 266 valence electrons. The Morgan fingerprint density at radius 3 is 1.04 bits per heavy atom. The van der Waals surface area contributed by atoms with Crippen LogP contribution in [0, 0.1) is 0 Å². The van der Waals surface area contributed by atoms with Gasteiger partial charge in [0, 0.05) is 12.8 Å². The van der Waals surface area contributed by atoms with E-state index in [1.807, 2.05) is 0 Å². The van der Waals surface area contributed by atoms with Gasteiger partial charge in [0.15, 0.2) is 0 Å². The van der Waals surface area contributed by atoms with Crippen LogP contribution in [0.1, 0.15) is 194 Å². The number of ether oxygens (including phenoxy) is 2. The van der Waals surface area contributed by atoms with Crippen LogP contribution < -0.4 is 0 Å². The second-order valence-electron chi connectivity index (χ2n) is 12.8. The van der Waals surface area contributed by atoms with E-state index in [2.05, 4.69) is 62.5 Å². The Labute approximate surface area is 285 Å². The normalized spacial score (nSPS) is 12.0. The Morgan fingerprint density at radius 2 is 0.674 bits per heavy atom. The third kappa shape index (κ3) is 38.1. The molecule has 0 amide bonds. The van der Waals surface area contributed by atoms with Crippen LogP contribution in [0.3, 0.4) is 0 Å². The van der Waals surface area contributed by atoms with Crippen molar-refractivity contribution in [2.75, 3.05) is 13.2 Å². The molecule has 0 N–H and O–H groups in total. The van der Waals surface area contributed by atoms with Gasteiger partial charge in [-0.15, -0.1) is 0 Å². The van der Waals surface area contributed by atoms with E-state index in [1.54, 1.807) is 0 Å². The molecule has 0 atom stereocenters. The van der Waals surface area contributed by atoms with Crippen molar-refractivity contribution in [3.05, 3.63) is 48.6 Å². The molecule has 4 nitrogen and oxygen atoms in total. The average Bonchev–Trinajstić information content (AvgIpc) is 3.05. The molecule has 0 aliphatic rings. The first-order valence-corrected chi connectivity index (χ1v) is 19.6. The SMILES string of the molecule is CCCCCC=CCC=CCCCCCCCC(=O)OCCCCCCOC(=O)CCCCCCCC=CCC=CCCCCC. The summed E-state index contributed by atoms with van der Waals surface area (Å²) < 4.78 is 10.8. The van der Waals surface area contributed by atoms with Gasteiger partial charge in [0.1, 0.15) is 0 Å². The van der Waals surface area contributed by atoms with Gasteiger partial charge < -0.3 is 9.47 Å². The van der Waals surface area contributed by atoms with E-state index in [9.17, 15) is 9.59 Å². The Bertz CT molecular complexity index is 700. The van der Waals surface area contributed by atoms with Crippen molar-refractivity contribution in [3.8, 4) is 0 Å². The van der Waals surface area contributed by atoms with Gasteiger partial charge in [-0.1, -0.05) is 127 Å². The minimum absolute atomic E-state index is 0.0621. The van der Waals surface area contributed by atoms with Crippen LogP contribution in [0.2, 0.25) is 0 Å². The molecule has 0 aromatic carbocycles. The molecule has 0 radical (unpaired) electrons. The largest absolute Gasteiger partial charge is 0.466 e. The summed E-state index contributed by atoms with van der Waals surface area (Å²) in [6.07, 6.45) is 49.3. The maximum absolute atomic E-state index is 11.9. The van der Waals surface area contributed by atoms with Gasteiger partial charge in [-0.2, -0.15) is 0 Å². The first kappa shape index (κ1) is 43.9. The predicted octanol–water partition coefficient (Wildman–Crippen LogP) is 13.3. The van der Waals surface area contributed by atoms with Crippen LogP contribution in [-0.2, 0) is 19.1 Å². The molecule has 46 heavy (non-hydrogen) atoms. The minimum Gasteiger partial charge on any atom is -0.466 e. The Hall–Kier alpha value is -2.10. The molecule has 0 aromatic heterocycles. The van der Waals surface area contributed by atoms with Crippen LogP contribution in [0.25, 0.3) is 0 Å². The number of esters is 2. The molecule has 0 fully saturated rings. The highest BCUT2D eigenvalue weighted by atomic mass is 16.5. The van der Waals surface area contributed by atoms with E-state index in [0.717, 1.165) is 77.0 Å². The maximum atomic E-state index is 11.9. The lowest BCUT2D eigenvalue weighted by molar-refractivity contribution is -0.145. The molecule has 0 aliphatic carbocycles. The van der Waals surface area contributed by atoms with E-state index < -0.39 is 0 Å². The smallest absolute Gasteiger partial charge is 0.305 e. The lowest BCUT2D eigenvalue weighted by Crippen LogP contribution is -2.07. The fourth-order valence-corrected chi connectivity index (χ4v) is 5.24. The van der Waals surface area contributed by atoms with E-state index in [0.29, 0.717) is 26.1 Å². The first-order valence-electron chi connectivity index (χ1n) is 19.6. The fraction of sp³-hybridized carbons (Fsp3) is 0.762. The maximum Gasteiger partial charge on any atom is 0.305 e. The third-order valence-corrected chi connectivity index (χ3v) is 8.23. The first-order chi connectivity index (χ1) is 22.7. The topological polar surface area (TPSA) is 52.6 Å². The number of unbranched alkanes of at least 4 members (excludes halogenated alkanes) is 19. The molecule has 0 saturated heterocycles. The molecule has 0 heterocycles. The van der Waals surface area contributed by atoms with Crippen molar-refractivity contribution in [2.24, 2.45) is 0 Å². The van der Waals surface area contributed by atoms with Gasteiger partial charge >= 0.3 is 11.9 Å². The van der Waals surface area contributed by atoms with E-state index in [4.69, 9.17) is 9.47 Å². The zero-order valence-electron chi connectivity index (χ0n) is 30.5. The number of allylic oxidation sites excluding steroid dienone is 8. The molecule has 0 bridgehead atoms. The van der Waals surface area contributed by atoms with Crippen LogP contribution in [0.5, 0.6) is 0 Å². The molecule has 0 aromatic rings. The summed E-state index contributed by atoms with van der Waals surface area (Å²) in [5.74, 6) is -0.124. The predicted molar refractivity (Wildman–Crippen MR) is 199 cm³/mol. The summed E-state index contributed by atoms with van der Waals surface area (Å²) in [6, 6.07) is 0. The van der Waals surface area contributed by atoms with Crippen LogP contribution >= 0.6 is 0 Å². The Balaban J connectivity index is 3.35. The van der Waals surface area contributed by atoms with Crippen LogP contribution in [0.15, 0.2) is 48.6 Å². The Kier molecular flexibility index (Phi) is 37.3. The van der Waals surface area contributed by atoms with Gasteiger partial charge in [-0.05, 0) is 103 Å². The Morgan fingerprint density at radius 1 is 0.370 bits per heavy atom. The van der Waals surface area contributed by atoms with Gasteiger partial charge in [-0.25, -0.2) is 0 Å². The van der Waals surface area contributed by atoms with Gasteiger partial charge in [0.05, 0.1) is 13.2 Å². The highest BCUT2D eigenvalue weighted by Crippen LogP contribution is 2.11. The van der Waals surface area contributed by atoms with E-state index in [1.165, 1.54) is 89.9 Å². The van der Waals surface area contributed by atoms with Crippen molar-refractivity contribution in [3.63, 3.8) is 0 Å². The summed E-state index contributed by atoms with van der Waals surface area (Å²) in [5.41, 5.74) is 0. The zero-order valence-corrected chi connectivity index (χ0v) is 30.5. The lowest BCUT2D eigenvalue weighted by Gasteiger charge is -2.06. The molecule has 0 unspecified atom stereocenters. The lowest BCUT2D eigenvalue weighted by atomic mass is 10.1. The van der Waals surface area contributed by atoms with Gasteiger partial charge in [-0.3, -0.25) is 9.59 Å². The number of hydrogen-bond donors (Lipinski definition) is 0. The van der Waals surface area contributed by atoms with Crippen molar-refractivity contribution in [2.45, 2.75) is 194 Å². The van der Waals surface area contributed by atoms with Crippen LogP contribution in [0.4, 0.5) is 0 Å². The standard InChI is InChI=1S/C42H74O4/c1-3-5-7-9-11-13-15-17-19-21-23-25-27-29-33-37-41(43)45-39-35-31-32-36-40-46-42(44)38-34-30-28-26-24-22-20-18-16-14-12-10-8-6-4-2/h11-14,17-20H,3-10,15-16,21-40H2,1-2H3. The molecule has 0 rings (SSSR count). The second-order valence-corrected chi connectivity index (χ2v) is 12.8. The second kappa shape index (κ2) is 39.1. The molecule has 0 spiro atoms. The number of rotatable bonds is 35. The zero-order chi connectivity index (χ0) is 33.4. The van der Waals surface area contributed by atoms with Gasteiger partial charge in [0.25, 0.3) is 0 Å². The van der Waals surface area contributed by atoms with Crippen molar-refractivity contribution < 1.29 is 19.1 Å². The fourth-order valence-electron chi connectivity index (χ4n) is 5.24. The van der Waals surface area contributed by atoms with Gasteiger partial charge in [0.2, 0.25) is 0 Å². The minimum atomic E-state index is -0.0621. The monoisotopic (exact) mass is 643 g/mol. The number of hydrogen-bond acceptors (Lipinski definition) is 4. The molecular weight excluding hydrogens is 568 g/mol. The quantitative estimate of drug-likeness (QED) is 0.0392. The molecular formula is C42H74O4. The number of carbonyl (C=O) groups excluding carboxylic acids is 2. The molecule has 4 heteroatoms. The van der Waals surface area contributed by atoms with Crippen LogP contribution in [-0.4, -0.2) is 25.2 Å². The summed E-state index contributed by atoms with van der Waals surface area (Å²) in [7, 11) is 0. The van der Waals surface area contributed by atoms with E-state index in [-0.39, 0.29) is 11.9 Å². The van der Waals surface area contributed by atoms with Crippen molar-refractivity contribution in [1.29, 1.82) is 0 Å². The highest BCUT2D eigenvalue weighted by molar-refractivity contribution is 5.69. The average molecular weight is 643 g/mol. The molecule has 0 aliphatic heterocycles. The summed E-state index contributed by atoms with van der Waals surface area (Å²) in [5, 5.41) is 0. The third-order valence-electron chi connectivity index (χ3n) is 8.23. The van der Waals surface area contributed by atoms with Crippen molar-refractivity contribution >= 4 is 11.9 Å². The van der Waals surface area contributed by atoms with Crippen molar-refractivity contribution in [1.82, 2.24) is 0 Å². The van der Waals surface area contributed by atoms with E-state index >= 15 is 0 Å². The summed E-state index contributed by atoms with van der Waals surface area (Å²) in [6.45, 7) is 5.50. The summed E-state index contributed by atoms with van der Waals surface area (Å²) >= 11 is 0. The summed E-state index contributed by atoms with van der Waals surface area (Å²) in [4.78, 5) is 23.9. The highest BCUT2D eigenvalue weighted by Gasteiger charge is 2.04. The number of carbonyl (C=O) groups is 2.